The summed E-state index contributed by atoms with van der Waals surface area (Å²) in [6.45, 7) is 6.00. The van der Waals surface area contributed by atoms with Gasteiger partial charge in [0.15, 0.2) is 0 Å². The fourth-order valence-electron chi connectivity index (χ4n) is 1.12. The van der Waals surface area contributed by atoms with Crippen molar-refractivity contribution in [1.82, 2.24) is 0 Å². The predicted molar refractivity (Wildman–Crippen MR) is 54.8 cm³/mol. The molecule has 0 aliphatic carbocycles. The summed E-state index contributed by atoms with van der Waals surface area (Å²) in [5.41, 5.74) is 6.86. The van der Waals surface area contributed by atoms with Gasteiger partial charge in [-0.3, -0.25) is 0 Å². The molecule has 1 unspecified atom stereocenters. The summed E-state index contributed by atoms with van der Waals surface area (Å²) in [5.74, 6) is 0.902. The first-order valence-electron chi connectivity index (χ1n) is 4.62. The zero-order valence-electron chi connectivity index (χ0n) is 8.45. The normalized spacial score (nSPS) is 13.0. The Bertz CT molecular complexity index is 251. The Hall–Kier alpha value is -1.02. The highest BCUT2D eigenvalue weighted by atomic mass is 16.5. The fraction of sp³-hybridized carbons (Fsp3) is 0.455. The summed E-state index contributed by atoms with van der Waals surface area (Å²) in [6.07, 6.45) is 0.223. The number of benzene rings is 1. The highest BCUT2D eigenvalue weighted by Crippen LogP contribution is 2.16. The van der Waals surface area contributed by atoms with Crippen LogP contribution < -0.4 is 10.5 Å². The molecule has 1 aromatic carbocycles. The van der Waals surface area contributed by atoms with Gasteiger partial charge in [0.2, 0.25) is 0 Å². The average Bonchev–Trinajstić information content (AvgIpc) is 2.04. The maximum atomic E-state index is 5.72. The van der Waals surface area contributed by atoms with Gasteiger partial charge in [-0.2, -0.15) is 0 Å². The molecule has 0 aliphatic rings. The third-order valence-electron chi connectivity index (χ3n) is 1.78. The van der Waals surface area contributed by atoms with Crippen molar-refractivity contribution in [3.05, 3.63) is 29.8 Å². The molecular weight excluding hydrogens is 162 g/mol. The number of rotatable bonds is 3. The van der Waals surface area contributed by atoms with Crippen molar-refractivity contribution in [1.29, 1.82) is 0 Å². The van der Waals surface area contributed by atoms with Gasteiger partial charge in [0.1, 0.15) is 5.75 Å². The van der Waals surface area contributed by atoms with Crippen molar-refractivity contribution in [2.75, 3.05) is 0 Å². The van der Waals surface area contributed by atoms with Gasteiger partial charge in [-0.1, -0.05) is 12.1 Å². The SMILES string of the molecule is CC(C)Oc1ccc(C(C)N)cc1. The van der Waals surface area contributed by atoms with Crippen LogP contribution in [0.15, 0.2) is 24.3 Å². The maximum Gasteiger partial charge on any atom is 0.119 e. The quantitative estimate of drug-likeness (QED) is 0.773. The van der Waals surface area contributed by atoms with Crippen LogP contribution in [0, 0.1) is 0 Å². The van der Waals surface area contributed by atoms with Gasteiger partial charge in [-0.05, 0) is 38.5 Å². The molecule has 0 spiro atoms. The number of hydrogen-bond donors (Lipinski definition) is 1. The second-order valence-electron chi connectivity index (χ2n) is 3.52. The monoisotopic (exact) mass is 179 g/mol. The van der Waals surface area contributed by atoms with E-state index >= 15 is 0 Å². The van der Waals surface area contributed by atoms with Crippen molar-refractivity contribution < 1.29 is 4.74 Å². The topological polar surface area (TPSA) is 35.2 Å². The fourth-order valence-corrected chi connectivity index (χ4v) is 1.12. The number of nitrogens with two attached hydrogens (primary N) is 1. The average molecular weight is 179 g/mol. The van der Waals surface area contributed by atoms with Gasteiger partial charge in [-0.15, -0.1) is 0 Å². The lowest BCUT2D eigenvalue weighted by molar-refractivity contribution is 0.242. The van der Waals surface area contributed by atoms with E-state index in [9.17, 15) is 0 Å². The van der Waals surface area contributed by atoms with E-state index in [1.165, 1.54) is 0 Å². The Morgan fingerprint density at radius 2 is 1.62 bits per heavy atom. The Kier molecular flexibility index (Phi) is 3.32. The van der Waals surface area contributed by atoms with E-state index in [2.05, 4.69) is 0 Å². The first-order valence-corrected chi connectivity index (χ1v) is 4.62. The number of hydrogen-bond acceptors (Lipinski definition) is 2. The van der Waals surface area contributed by atoms with Crippen LogP contribution in [0.4, 0.5) is 0 Å². The molecule has 1 rings (SSSR count). The highest BCUT2D eigenvalue weighted by Gasteiger charge is 2.00. The first-order chi connectivity index (χ1) is 6.09. The molecule has 0 aromatic heterocycles. The van der Waals surface area contributed by atoms with Crippen molar-refractivity contribution in [3.8, 4) is 5.75 Å². The lowest BCUT2D eigenvalue weighted by Gasteiger charge is -2.11. The van der Waals surface area contributed by atoms with E-state index in [0.717, 1.165) is 11.3 Å². The van der Waals surface area contributed by atoms with Crippen LogP contribution >= 0.6 is 0 Å². The molecule has 0 saturated heterocycles. The zero-order chi connectivity index (χ0) is 9.84. The van der Waals surface area contributed by atoms with Crippen LogP contribution in [0.25, 0.3) is 0 Å². The van der Waals surface area contributed by atoms with Crippen molar-refractivity contribution >= 4 is 0 Å². The molecule has 0 fully saturated rings. The molecule has 0 bridgehead atoms. The first kappa shape index (κ1) is 10.1. The van der Waals surface area contributed by atoms with Gasteiger partial charge in [-0.25, -0.2) is 0 Å². The summed E-state index contributed by atoms with van der Waals surface area (Å²) in [5, 5.41) is 0. The molecule has 2 N–H and O–H groups in total. The van der Waals surface area contributed by atoms with Crippen molar-refractivity contribution in [3.63, 3.8) is 0 Å². The summed E-state index contributed by atoms with van der Waals surface area (Å²) >= 11 is 0. The Balaban J connectivity index is 2.70. The minimum atomic E-state index is 0.0908. The van der Waals surface area contributed by atoms with Crippen LogP contribution in [0.2, 0.25) is 0 Å². The summed E-state index contributed by atoms with van der Waals surface area (Å²) in [4.78, 5) is 0. The summed E-state index contributed by atoms with van der Waals surface area (Å²) in [7, 11) is 0. The third kappa shape index (κ3) is 3.07. The van der Waals surface area contributed by atoms with Gasteiger partial charge >= 0.3 is 0 Å². The minimum absolute atomic E-state index is 0.0908. The van der Waals surface area contributed by atoms with Gasteiger partial charge in [0.05, 0.1) is 6.10 Å². The van der Waals surface area contributed by atoms with Gasteiger partial charge in [0, 0.05) is 6.04 Å². The van der Waals surface area contributed by atoms with Crippen LogP contribution in [0.3, 0.4) is 0 Å². The van der Waals surface area contributed by atoms with Crippen molar-refractivity contribution in [2.45, 2.75) is 32.9 Å². The van der Waals surface area contributed by atoms with Gasteiger partial charge in [0.25, 0.3) is 0 Å². The highest BCUT2D eigenvalue weighted by molar-refractivity contribution is 5.28. The third-order valence-corrected chi connectivity index (χ3v) is 1.78. The zero-order valence-corrected chi connectivity index (χ0v) is 8.45. The Morgan fingerprint density at radius 1 is 1.08 bits per heavy atom. The lowest BCUT2D eigenvalue weighted by atomic mass is 10.1. The minimum Gasteiger partial charge on any atom is -0.491 e. The molecule has 13 heavy (non-hydrogen) atoms. The molecule has 1 aromatic rings. The van der Waals surface area contributed by atoms with E-state index in [-0.39, 0.29) is 12.1 Å². The Morgan fingerprint density at radius 3 is 2.00 bits per heavy atom. The molecule has 0 amide bonds. The Labute approximate surface area is 79.7 Å². The summed E-state index contributed by atoms with van der Waals surface area (Å²) < 4.78 is 5.51. The molecule has 2 heteroatoms. The second kappa shape index (κ2) is 4.28. The smallest absolute Gasteiger partial charge is 0.119 e. The molecule has 0 heterocycles. The van der Waals surface area contributed by atoms with Crippen LogP contribution in [-0.4, -0.2) is 6.10 Å². The lowest BCUT2D eigenvalue weighted by Crippen LogP contribution is -2.07. The second-order valence-corrected chi connectivity index (χ2v) is 3.52. The van der Waals surface area contributed by atoms with E-state index < -0.39 is 0 Å². The molecule has 0 aliphatic heterocycles. The van der Waals surface area contributed by atoms with Crippen molar-refractivity contribution in [2.24, 2.45) is 5.73 Å². The summed E-state index contributed by atoms with van der Waals surface area (Å²) in [6, 6.07) is 8.01. The largest absolute Gasteiger partial charge is 0.491 e. The van der Waals surface area contributed by atoms with E-state index in [1.54, 1.807) is 0 Å². The molecule has 0 radical (unpaired) electrons. The van der Waals surface area contributed by atoms with E-state index in [4.69, 9.17) is 10.5 Å². The van der Waals surface area contributed by atoms with Crippen LogP contribution in [0.5, 0.6) is 5.75 Å². The molecule has 2 nitrogen and oxygen atoms in total. The predicted octanol–water partition coefficient (Wildman–Crippen LogP) is 2.49. The van der Waals surface area contributed by atoms with E-state index in [1.807, 2.05) is 45.0 Å². The molecule has 72 valence electrons. The maximum absolute atomic E-state index is 5.72. The standard InChI is InChI=1S/C11H17NO/c1-8(2)13-11-6-4-10(5-7-11)9(3)12/h4-9H,12H2,1-3H3. The molecule has 1 atom stereocenters. The number of ether oxygens (including phenoxy) is 1. The molecular formula is C11H17NO. The van der Waals surface area contributed by atoms with E-state index in [0.29, 0.717) is 0 Å². The van der Waals surface area contributed by atoms with Gasteiger partial charge < -0.3 is 10.5 Å². The molecule has 0 saturated carbocycles. The van der Waals surface area contributed by atoms with Crippen LogP contribution in [-0.2, 0) is 0 Å². The van der Waals surface area contributed by atoms with Crippen LogP contribution in [0.1, 0.15) is 32.4 Å².